The highest BCUT2D eigenvalue weighted by atomic mass is 16.4. The van der Waals surface area contributed by atoms with Gasteiger partial charge in [0.2, 0.25) is 0 Å². The number of aliphatic carboxylic acids is 1. The van der Waals surface area contributed by atoms with Crippen LogP contribution in [-0.4, -0.2) is 33.8 Å². The summed E-state index contributed by atoms with van der Waals surface area (Å²) >= 11 is 0. The van der Waals surface area contributed by atoms with Crippen LogP contribution in [0.3, 0.4) is 0 Å². The van der Waals surface area contributed by atoms with Crippen molar-refractivity contribution in [2.75, 3.05) is 0 Å². The van der Waals surface area contributed by atoms with Gasteiger partial charge in [-0.05, 0) is 18.6 Å². The number of amides is 2. The number of imide groups is 1. The average Bonchev–Trinajstić information content (AvgIpc) is 2.64. The van der Waals surface area contributed by atoms with E-state index < -0.39 is 23.8 Å². The molecule has 19 heavy (non-hydrogen) atoms. The highest BCUT2D eigenvalue weighted by Crippen LogP contribution is 2.26. The number of unbranched alkanes of at least 4 members (excludes halogenated alkanes) is 1. The molecule has 1 aromatic carbocycles. The van der Waals surface area contributed by atoms with E-state index in [2.05, 4.69) is 6.92 Å². The minimum Gasteiger partial charge on any atom is -0.480 e. The average molecular weight is 260 g/mol. The molecule has 0 aromatic heterocycles. The van der Waals surface area contributed by atoms with Crippen molar-refractivity contribution in [3.05, 3.63) is 42.3 Å². The molecular weight excluding hydrogens is 246 g/mol. The molecule has 5 nitrogen and oxygen atoms in total. The van der Waals surface area contributed by atoms with Crippen molar-refractivity contribution in [1.82, 2.24) is 4.90 Å². The molecule has 0 spiro atoms. The minimum atomic E-state index is -1.16. The molecule has 2 amide bonds. The van der Waals surface area contributed by atoms with E-state index >= 15 is 0 Å². The van der Waals surface area contributed by atoms with Crippen LogP contribution in [0.5, 0.6) is 0 Å². The molecular formula is C14H14NO4. The van der Waals surface area contributed by atoms with E-state index in [0.717, 1.165) is 4.90 Å². The van der Waals surface area contributed by atoms with Crippen molar-refractivity contribution < 1.29 is 19.5 Å². The fourth-order valence-electron chi connectivity index (χ4n) is 2.19. The highest BCUT2D eigenvalue weighted by molar-refractivity contribution is 6.22. The van der Waals surface area contributed by atoms with E-state index in [1.807, 2.05) is 0 Å². The molecule has 0 bridgehead atoms. The molecule has 1 aliphatic heterocycles. The Hall–Kier alpha value is -2.17. The maximum absolute atomic E-state index is 12.1. The van der Waals surface area contributed by atoms with E-state index in [0.29, 0.717) is 12.8 Å². The summed E-state index contributed by atoms with van der Waals surface area (Å²) in [5.74, 6) is -2.22. The molecule has 1 N–H and O–H groups in total. The highest BCUT2D eigenvalue weighted by Gasteiger charge is 2.42. The summed E-state index contributed by atoms with van der Waals surface area (Å²) in [7, 11) is 0. The summed E-state index contributed by atoms with van der Waals surface area (Å²) in [5, 5.41) is 9.21. The van der Waals surface area contributed by atoms with Crippen LogP contribution in [0.25, 0.3) is 0 Å². The Bertz CT molecular complexity index is 503. The SMILES string of the molecule is [CH2]CCCC(C(=O)O)N1C(=O)c2ccccc2C1=O. The number of carboxylic acids is 1. The Morgan fingerprint density at radius 1 is 1.21 bits per heavy atom. The molecule has 0 fully saturated rings. The first kappa shape index (κ1) is 13.3. The van der Waals surface area contributed by atoms with Gasteiger partial charge < -0.3 is 5.11 Å². The fraction of sp³-hybridized carbons (Fsp3) is 0.286. The molecule has 5 heteroatoms. The first-order valence-corrected chi connectivity index (χ1v) is 6.07. The zero-order valence-electron chi connectivity index (χ0n) is 10.3. The standard InChI is InChI=1S/C14H14NO4/c1-2-3-8-11(14(18)19)15-12(16)9-6-4-5-7-10(9)13(15)17/h4-7,11H,1-3,8H2,(H,18,19). The maximum atomic E-state index is 12.1. The number of fused-ring (bicyclic) bond motifs is 1. The number of hydrogen-bond acceptors (Lipinski definition) is 3. The Balaban J connectivity index is 2.33. The summed E-state index contributed by atoms with van der Waals surface area (Å²) in [6, 6.07) is 5.26. The topological polar surface area (TPSA) is 74.7 Å². The van der Waals surface area contributed by atoms with Crippen LogP contribution in [-0.2, 0) is 4.79 Å². The fourth-order valence-corrected chi connectivity index (χ4v) is 2.19. The summed E-state index contributed by atoms with van der Waals surface area (Å²) in [6.45, 7) is 3.64. The predicted molar refractivity (Wildman–Crippen MR) is 67.6 cm³/mol. The lowest BCUT2D eigenvalue weighted by molar-refractivity contribution is -0.141. The van der Waals surface area contributed by atoms with Crippen molar-refractivity contribution in [3.8, 4) is 0 Å². The van der Waals surface area contributed by atoms with Gasteiger partial charge in [-0.15, -0.1) is 0 Å². The monoisotopic (exact) mass is 260 g/mol. The number of rotatable bonds is 5. The number of benzene rings is 1. The van der Waals surface area contributed by atoms with E-state index in [1.54, 1.807) is 12.1 Å². The second kappa shape index (κ2) is 5.22. The molecule has 1 atom stereocenters. The molecule has 0 aliphatic carbocycles. The Labute approximate surface area is 110 Å². The smallest absolute Gasteiger partial charge is 0.326 e. The van der Waals surface area contributed by atoms with Gasteiger partial charge >= 0.3 is 5.97 Å². The molecule has 0 saturated heterocycles. The predicted octanol–water partition coefficient (Wildman–Crippen LogP) is 1.74. The largest absolute Gasteiger partial charge is 0.480 e. The van der Waals surface area contributed by atoms with Gasteiger partial charge in [-0.2, -0.15) is 0 Å². The van der Waals surface area contributed by atoms with Gasteiger partial charge in [0.25, 0.3) is 11.8 Å². The van der Waals surface area contributed by atoms with Crippen molar-refractivity contribution >= 4 is 17.8 Å². The quantitative estimate of drug-likeness (QED) is 0.818. The lowest BCUT2D eigenvalue weighted by Crippen LogP contribution is -2.44. The third-order valence-corrected chi connectivity index (χ3v) is 3.15. The molecule has 1 aliphatic rings. The van der Waals surface area contributed by atoms with Crippen molar-refractivity contribution in [3.63, 3.8) is 0 Å². The van der Waals surface area contributed by atoms with Crippen LogP contribution < -0.4 is 0 Å². The molecule has 1 radical (unpaired) electrons. The van der Waals surface area contributed by atoms with E-state index in [9.17, 15) is 19.5 Å². The summed E-state index contributed by atoms with van der Waals surface area (Å²) in [6.07, 6.45) is 1.33. The number of nitrogens with zero attached hydrogens (tertiary/aromatic N) is 1. The summed E-state index contributed by atoms with van der Waals surface area (Å²) in [5.41, 5.74) is 0.543. The van der Waals surface area contributed by atoms with E-state index in [4.69, 9.17) is 0 Å². The lowest BCUT2D eigenvalue weighted by Gasteiger charge is -2.22. The van der Waals surface area contributed by atoms with E-state index in [1.165, 1.54) is 12.1 Å². The van der Waals surface area contributed by atoms with Crippen LogP contribution in [0.2, 0.25) is 0 Å². The molecule has 0 saturated carbocycles. The van der Waals surface area contributed by atoms with Gasteiger partial charge in [-0.1, -0.05) is 31.9 Å². The van der Waals surface area contributed by atoms with Crippen LogP contribution in [0.15, 0.2) is 24.3 Å². The minimum absolute atomic E-state index is 0.226. The number of carbonyl (C=O) groups excluding carboxylic acids is 2. The first-order chi connectivity index (χ1) is 9.07. The Morgan fingerprint density at radius 2 is 1.74 bits per heavy atom. The zero-order valence-corrected chi connectivity index (χ0v) is 10.3. The Morgan fingerprint density at radius 3 is 2.16 bits per heavy atom. The third-order valence-electron chi connectivity index (χ3n) is 3.15. The van der Waals surface area contributed by atoms with Gasteiger partial charge in [0, 0.05) is 0 Å². The van der Waals surface area contributed by atoms with Gasteiger partial charge in [-0.3, -0.25) is 14.5 Å². The van der Waals surface area contributed by atoms with Gasteiger partial charge in [0.1, 0.15) is 6.04 Å². The van der Waals surface area contributed by atoms with Crippen LogP contribution >= 0.6 is 0 Å². The van der Waals surface area contributed by atoms with Crippen LogP contribution in [0.1, 0.15) is 40.0 Å². The summed E-state index contributed by atoms with van der Waals surface area (Å²) < 4.78 is 0. The van der Waals surface area contributed by atoms with Crippen LogP contribution in [0, 0.1) is 6.92 Å². The number of carbonyl (C=O) groups is 3. The molecule has 1 heterocycles. The maximum Gasteiger partial charge on any atom is 0.326 e. The molecule has 1 unspecified atom stereocenters. The number of hydrogen-bond donors (Lipinski definition) is 1. The molecule has 99 valence electrons. The van der Waals surface area contributed by atoms with Crippen LogP contribution in [0.4, 0.5) is 0 Å². The van der Waals surface area contributed by atoms with Crippen molar-refractivity contribution in [2.24, 2.45) is 0 Å². The Kier molecular flexibility index (Phi) is 3.64. The first-order valence-electron chi connectivity index (χ1n) is 6.07. The van der Waals surface area contributed by atoms with Crippen molar-refractivity contribution in [2.45, 2.75) is 25.3 Å². The lowest BCUT2D eigenvalue weighted by atomic mass is 10.1. The normalized spacial score (nSPS) is 15.5. The van der Waals surface area contributed by atoms with E-state index in [-0.39, 0.29) is 17.5 Å². The third kappa shape index (κ3) is 2.23. The zero-order chi connectivity index (χ0) is 14.0. The molecule has 1 aromatic rings. The second-order valence-corrected chi connectivity index (χ2v) is 4.38. The molecule has 2 rings (SSSR count). The van der Waals surface area contributed by atoms with Gasteiger partial charge in [-0.25, -0.2) is 4.79 Å². The van der Waals surface area contributed by atoms with Crippen molar-refractivity contribution in [1.29, 1.82) is 0 Å². The summed E-state index contributed by atoms with van der Waals surface area (Å²) in [4.78, 5) is 36.4. The van der Waals surface area contributed by atoms with Gasteiger partial charge in [0.15, 0.2) is 0 Å². The second-order valence-electron chi connectivity index (χ2n) is 4.38. The van der Waals surface area contributed by atoms with Gasteiger partial charge in [0.05, 0.1) is 11.1 Å². The number of carboxylic acid groups (broad SMARTS) is 1.